The summed E-state index contributed by atoms with van der Waals surface area (Å²) in [4.78, 5) is 12.2. The maximum absolute atomic E-state index is 12.4. The summed E-state index contributed by atoms with van der Waals surface area (Å²) in [6.45, 7) is 1.69. The molecule has 2 aromatic carbocycles. The summed E-state index contributed by atoms with van der Waals surface area (Å²) in [5.41, 5.74) is 1.71. The first-order valence-electron chi connectivity index (χ1n) is 6.87. The Bertz CT molecular complexity index is 804. The fourth-order valence-corrected chi connectivity index (χ4v) is 3.66. The number of sulfonamides is 1. The number of likely N-dealkylation sites (N-methyl/N-ethyl adjacent to an activating group) is 1. The number of halogens is 1. The molecule has 0 fully saturated rings. The molecule has 0 aliphatic rings. The van der Waals surface area contributed by atoms with Crippen molar-refractivity contribution in [3.63, 3.8) is 0 Å². The molecular formula is C16H17BrN2O3S. The molecule has 2 rings (SSSR count). The number of aryl methyl sites for hydroxylation is 1. The maximum Gasteiger partial charge on any atom is 0.243 e. The molecule has 0 spiro atoms. The molecule has 0 unspecified atom stereocenters. The van der Waals surface area contributed by atoms with E-state index >= 15 is 0 Å². The zero-order chi connectivity index (χ0) is 17.0. The average molecular weight is 397 g/mol. The number of nitrogens with zero attached hydrogens (tertiary/aromatic N) is 1. The van der Waals surface area contributed by atoms with Gasteiger partial charge in [-0.2, -0.15) is 4.31 Å². The molecule has 0 radical (unpaired) electrons. The Morgan fingerprint density at radius 3 is 2.43 bits per heavy atom. The minimum absolute atomic E-state index is 0.137. The predicted octanol–water partition coefficient (Wildman–Crippen LogP) is 3.02. The number of amides is 1. The van der Waals surface area contributed by atoms with Gasteiger partial charge < -0.3 is 5.32 Å². The number of hydrogen-bond acceptors (Lipinski definition) is 3. The smallest absolute Gasteiger partial charge is 0.243 e. The lowest BCUT2D eigenvalue weighted by atomic mass is 10.2. The Kier molecular flexibility index (Phi) is 5.56. The summed E-state index contributed by atoms with van der Waals surface area (Å²) >= 11 is 3.24. The van der Waals surface area contributed by atoms with Crippen molar-refractivity contribution in [2.24, 2.45) is 0 Å². The van der Waals surface area contributed by atoms with Crippen molar-refractivity contribution in [2.45, 2.75) is 11.8 Å². The average Bonchev–Trinajstić information content (AvgIpc) is 2.49. The van der Waals surface area contributed by atoms with Crippen LogP contribution in [0.1, 0.15) is 5.56 Å². The standard InChI is InChI=1S/C16H17BrN2O3S/c1-12-6-8-14(9-7-12)18-16(20)11-19(2)23(21,22)15-5-3-4-13(17)10-15/h3-10H,11H2,1-2H3,(H,18,20). The zero-order valence-corrected chi connectivity index (χ0v) is 15.2. The third-order valence-electron chi connectivity index (χ3n) is 3.21. The van der Waals surface area contributed by atoms with Crippen molar-refractivity contribution in [3.8, 4) is 0 Å². The molecule has 1 N–H and O–H groups in total. The first-order chi connectivity index (χ1) is 10.8. The molecule has 0 aliphatic heterocycles. The van der Waals surface area contributed by atoms with E-state index in [0.717, 1.165) is 9.87 Å². The predicted molar refractivity (Wildman–Crippen MR) is 93.8 cm³/mol. The monoisotopic (exact) mass is 396 g/mol. The van der Waals surface area contributed by atoms with Gasteiger partial charge in [-0.15, -0.1) is 0 Å². The highest BCUT2D eigenvalue weighted by Crippen LogP contribution is 2.19. The summed E-state index contributed by atoms with van der Waals surface area (Å²) < 4.78 is 26.6. The van der Waals surface area contributed by atoms with Gasteiger partial charge in [0.2, 0.25) is 15.9 Å². The molecule has 122 valence electrons. The molecule has 0 saturated carbocycles. The highest BCUT2D eigenvalue weighted by molar-refractivity contribution is 9.10. The third-order valence-corrected chi connectivity index (χ3v) is 5.50. The topological polar surface area (TPSA) is 66.5 Å². The van der Waals surface area contributed by atoms with E-state index in [1.165, 1.54) is 19.2 Å². The number of carbonyl (C=O) groups is 1. The van der Waals surface area contributed by atoms with E-state index in [1.54, 1.807) is 24.3 Å². The van der Waals surface area contributed by atoms with Crippen molar-refractivity contribution in [1.82, 2.24) is 4.31 Å². The normalized spacial score (nSPS) is 11.5. The maximum atomic E-state index is 12.4. The highest BCUT2D eigenvalue weighted by atomic mass is 79.9. The number of rotatable bonds is 5. The molecule has 7 heteroatoms. The molecule has 0 saturated heterocycles. The van der Waals surface area contributed by atoms with Crippen molar-refractivity contribution in [1.29, 1.82) is 0 Å². The van der Waals surface area contributed by atoms with Crippen LogP contribution in [0.5, 0.6) is 0 Å². The number of anilines is 1. The Morgan fingerprint density at radius 2 is 1.83 bits per heavy atom. The van der Waals surface area contributed by atoms with Crippen LogP contribution in [0.3, 0.4) is 0 Å². The summed E-state index contributed by atoms with van der Waals surface area (Å²) in [5.74, 6) is -0.394. The lowest BCUT2D eigenvalue weighted by molar-refractivity contribution is -0.116. The van der Waals surface area contributed by atoms with Crippen LogP contribution in [0.2, 0.25) is 0 Å². The van der Waals surface area contributed by atoms with Crippen LogP contribution < -0.4 is 5.32 Å². The van der Waals surface area contributed by atoms with Crippen LogP contribution in [0.4, 0.5) is 5.69 Å². The van der Waals surface area contributed by atoms with Crippen molar-refractivity contribution in [2.75, 3.05) is 18.9 Å². The summed E-state index contributed by atoms with van der Waals surface area (Å²) in [7, 11) is -2.33. The zero-order valence-electron chi connectivity index (χ0n) is 12.8. The van der Waals surface area contributed by atoms with Gasteiger partial charge in [-0.05, 0) is 37.3 Å². The Balaban J connectivity index is 2.06. The van der Waals surface area contributed by atoms with Gasteiger partial charge in [0.1, 0.15) is 0 Å². The molecule has 0 atom stereocenters. The van der Waals surface area contributed by atoms with Crippen molar-refractivity contribution in [3.05, 3.63) is 58.6 Å². The second-order valence-electron chi connectivity index (χ2n) is 5.13. The molecule has 0 aliphatic carbocycles. The van der Waals surface area contributed by atoms with E-state index in [1.807, 2.05) is 19.1 Å². The van der Waals surface area contributed by atoms with Crippen molar-refractivity contribution < 1.29 is 13.2 Å². The largest absolute Gasteiger partial charge is 0.325 e. The van der Waals surface area contributed by atoms with Gasteiger partial charge >= 0.3 is 0 Å². The number of carbonyl (C=O) groups excluding carboxylic acids is 1. The molecule has 1 amide bonds. The second kappa shape index (κ2) is 7.25. The highest BCUT2D eigenvalue weighted by Gasteiger charge is 2.23. The lowest BCUT2D eigenvalue weighted by Gasteiger charge is -2.17. The van der Waals surface area contributed by atoms with E-state index in [9.17, 15) is 13.2 Å². The van der Waals surface area contributed by atoms with Crippen LogP contribution in [0, 0.1) is 6.92 Å². The van der Waals surface area contributed by atoms with Gasteiger partial charge in [0, 0.05) is 17.2 Å². The van der Waals surface area contributed by atoms with Gasteiger partial charge in [-0.25, -0.2) is 8.42 Å². The van der Waals surface area contributed by atoms with Crippen LogP contribution >= 0.6 is 15.9 Å². The molecule has 0 heterocycles. The van der Waals surface area contributed by atoms with E-state index in [-0.39, 0.29) is 11.4 Å². The minimum Gasteiger partial charge on any atom is -0.325 e. The molecule has 2 aromatic rings. The third kappa shape index (κ3) is 4.63. The molecule has 5 nitrogen and oxygen atoms in total. The number of nitrogens with one attached hydrogen (secondary N) is 1. The van der Waals surface area contributed by atoms with Gasteiger partial charge in [0.15, 0.2) is 0 Å². The lowest BCUT2D eigenvalue weighted by Crippen LogP contribution is -2.34. The fraction of sp³-hybridized carbons (Fsp3) is 0.188. The SMILES string of the molecule is Cc1ccc(NC(=O)CN(C)S(=O)(=O)c2cccc(Br)c2)cc1. The van der Waals surface area contributed by atoms with Gasteiger partial charge in [-0.1, -0.05) is 39.7 Å². The molecule has 23 heavy (non-hydrogen) atoms. The first kappa shape index (κ1) is 17.7. The number of benzene rings is 2. The summed E-state index contributed by atoms with van der Waals surface area (Å²) in [5, 5.41) is 2.68. The van der Waals surface area contributed by atoms with Crippen molar-refractivity contribution >= 4 is 37.5 Å². The molecule has 0 aromatic heterocycles. The summed E-state index contributed by atoms with van der Waals surface area (Å²) in [6, 6.07) is 13.7. The van der Waals surface area contributed by atoms with Gasteiger partial charge in [0.25, 0.3) is 0 Å². The van der Waals surface area contributed by atoms with Crippen LogP contribution in [-0.2, 0) is 14.8 Å². The van der Waals surface area contributed by atoms with E-state index in [4.69, 9.17) is 0 Å². The Labute approximate surface area is 144 Å². The molecular weight excluding hydrogens is 380 g/mol. The Hall–Kier alpha value is -1.70. The first-order valence-corrected chi connectivity index (χ1v) is 9.11. The number of hydrogen-bond donors (Lipinski definition) is 1. The summed E-state index contributed by atoms with van der Waals surface area (Å²) in [6.07, 6.45) is 0. The van der Waals surface area contributed by atoms with E-state index < -0.39 is 15.9 Å². The van der Waals surface area contributed by atoms with Crippen LogP contribution in [0.25, 0.3) is 0 Å². The Morgan fingerprint density at radius 1 is 1.17 bits per heavy atom. The minimum atomic E-state index is -3.71. The fourth-order valence-electron chi connectivity index (χ4n) is 1.93. The quantitative estimate of drug-likeness (QED) is 0.844. The van der Waals surface area contributed by atoms with E-state index in [2.05, 4.69) is 21.2 Å². The van der Waals surface area contributed by atoms with E-state index in [0.29, 0.717) is 10.2 Å². The van der Waals surface area contributed by atoms with Crippen LogP contribution in [-0.4, -0.2) is 32.2 Å². The van der Waals surface area contributed by atoms with Crippen LogP contribution in [0.15, 0.2) is 57.9 Å². The van der Waals surface area contributed by atoms with Gasteiger partial charge in [0.05, 0.1) is 11.4 Å². The molecule has 0 bridgehead atoms. The van der Waals surface area contributed by atoms with Gasteiger partial charge in [-0.3, -0.25) is 4.79 Å². The second-order valence-corrected chi connectivity index (χ2v) is 8.09.